The number of ether oxygens (including phenoxy) is 2. The van der Waals surface area contributed by atoms with Gasteiger partial charge in [0.1, 0.15) is 18.1 Å². The fraction of sp³-hybridized carbons (Fsp3) is 0.571. The lowest BCUT2D eigenvalue weighted by Gasteiger charge is -2.14. The largest absolute Gasteiger partial charge is 0.497 e. The third-order valence-corrected chi connectivity index (χ3v) is 3.91. The van der Waals surface area contributed by atoms with E-state index >= 15 is 0 Å². The van der Waals surface area contributed by atoms with Gasteiger partial charge < -0.3 is 14.8 Å². The van der Waals surface area contributed by atoms with Crippen molar-refractivity contribution >= 4 is 15.9 Å². The first-order valence-corrected chi connectivity index (χ1v) is 7.19. The number of hydrogen-bond acceptors (Lipinski definition) is 3. The molecule has 0 heterocycles. The molecule has 0 aliphatic heterocycles. The van der Waals surface area contributed by atoms with E-state index < -0.39 is 0 Å². The number of nitrogens with one attached hydrogen (secondary N) is 1. The average molecular weight is 314 g/mol. The van der Waals surface area contributed by atoms with E-state index in [2.05, 4.69) is 28.2 Å². The maximum Gasteiger partial charge on any atom is 0.133 e. The Hall–Kier alpha value is -0.740. The summed E-state index contributed by atoms with van der Waals surface area (Å²) >= 11 is 3.48. The summed E-state index contributed by atoms with van der Waals surface area (Å²) in [5, 5.41) is 3.49. The highest BCUT2D eigenvalue weighted by atomic mass is 79.9. The van der Waals surface area contributed by atoms with Crippen molar-refractivity contribution in [3.05, 3.63) is 22.7 Å². The van der Waals surface area contributed by atoms with E-state index in [9.17, 15) is 0 Å². The van der Waals surface area contributed by atoms with Crippen molar-refractivity contribution < 1.29 is 9.47 Å². The molecule has 1 unspecified atom stereocenters. The third-order valence-electron chi connectivity index (χ3n) is 3.29. The Kier molecular flexibility index (Phi) is 4.89. The smallest absolute Gasteiger partial charge is 0.133 e. The Morgan fingerprint density at radius 1 is 1.44 bits per heavy atom. The van der Waals surface area contributed by atoms with Gasteiger partial charge >= 0.3 is 0 Å². The van der Waals surface area contributed by atoms with Crippen LogP contribution in [0.25, 0.3) is 0 Å². The van der Waals surface area contributed by atoms with Crippen LogP contribution in [0.4, 0.5) is 0 Å². The molecule has 0 radical (unpaired) electrons. The SMILES string of the molecule is COc1ccc(OCCNC(C)C2CC2)c(Br)c1. The standard InChI is InChI=1S/C14H20BrNO2/c1-10(11-3-4-11)16-7-8-18-14-6-5-12(17-2)9-13(14)15/h5-6,9-11,16H,3-4,7-8H2,1-2H3. The second kappa shape index (κ2) is 6.43. The van der Waals surface area contributed by atoms with Gasteiger partial charge in [-0.1, -0.05) is 0 Å². The van der Waals surface area contributed by atoms with Crippen molar-refractivity contribution in [2.75, 3.05) is 20.3 Å². The molecule has 1 N–H and O–H groups in total. The summed E-state index contributed by atoms with van der Waals surface area (Å²) in [4.78, 5) is 0. The normalized spacial score (nSPS) is 16.4. The molecule has 1 aromatic rings. The first-order valence-electron chi connectivity index (χ1n) is 6.40. The zero-order chi connectivity index (χ0) is 13.0. The molecule has 18 heavy (non-hydrogen) atoms. The summed E-state index contributed by atoms with van der Waals surface area (Å²) in [6, 6.07) is 6.36. The van der Waals surface area contributed by atoms with Crippen molar-refractivity contribution in [2.45, 2.75) is 25.8 Å². The van der Waals surface area contributed by atoms with Gasteiger partial charge in [-0.3, -0.25) is 0 Å². The first-order chi connectivity index (χ1) is 8.70. The summed E-state index contributed by atoms with van der Waals surface area (Å²) in [6.07, 6.45) is 2.75. The van der Waals surface area contributed by atoms with Crippen LogP contribution in [-0.4, -0.2) is 26.3 Å². The van der Waals surface area contributed by atoms with E-state index in [4.69, 9.17) is 9.47 Å². The van der Waals surface area contributed by atoms with E-state index in [1.165, 1.54) is 12.8 Å². The molecular formula is C14H20BrNO2. The molecule has 0 bridgehead atoms. The Balaban J connectivity index is 1.72. The third kappa shape index (κ3) is 3.89. The molecule has 1 atom stereocenters. The Bertz CT molecular complexity index is 393. The van der Waals surface area contributed by atoms with Gasteiger partial charge in [-0.15, -0.1) is 0 Å². The predicted molar refractivity (Wildman–Crippen MR) is 76.4 cm³/mol. The van der Waals surface area contributed by atoms with Gasteiger partial charge in [0.05, 0.1) is 11.6 Å². The van der Waals surface area contributed by atoms with E-state index in [1.807, 2.05) is 18.2 Å². The molecule has 1 saturated carbocycles. The Morgan fingerprint density at radius 2 is 2.22 bits per heavy atom. The van der Waals surface area contributed by atoms with Crippen molar-refractivity contribution in [1.29, 1.82) is 0 Å². The minimum Gasteiger partial charge on any atom is -0.497 e. The van der Waals surface area contributed by atoms with Gasteiger partial charge in [0, 0.05) is 12.6 Å². The van der Waals surface area contributed by atoms with E-state index in [0.29, 0.717) is 12.6 Å². The summed E-state index contributed by atoms with van der Waals surface area (Å²) in [5.74, 6) is 2.57. The summed E-state index contributed by atoms with van der Waals surface area (Å²) < 4.78 is 11.8. The molecule has 4 heteroatoms. The van der Waals surface area contributed by atoms with Crippen LogP contribution in [0.1, 0.15) is 19.8 Å². The minimum atomic E-state index is 0.618. The quantitative estimate of drug-likeness (QED) is 0.784. The molecular weight excluding hydrogens is 294 g/mol. The van der Waals surface area contributed by atoms with Gasteiger partial charge in [0.25, 0.3) is 0 Å². The molecule has 1 aromatic carbocycles. The summed E-state index contributed by atoms with van der Waals surface area (Å²) in [7, 11) is 1.66. The number of benzene rings is 1. The van der Waals surface area contributed by atoms with Crippen molar-refractivity contribution in [3.63, 3.8) is 0 Å². The lowest BCUT2D eigenvalue weighted by Crippen LogP contribution is -2.31. The maximum absolute atomic E-state index is 5.72. The van der Waals surface area contributed by atoms with E-state index in [1.54, 1.807) is 7.11 Å². The van der Waals surface area contributed by atoms with E-state index in [0.717, 1.165) is 28.4 Å². The van der Waals surface area contributed by atoms with Crippen LogP contribution in [0.3, 0.4) is 0 Å². The molecule has 0 spiro atoms. The number of halogens is 1. The van der Waals surface area contributed by atoms with Crippen molar-refractivity contribution in [2.24, 2.45) is 5.92 Å². The van der Waals surface area contributed by atoms with Crippen molar-refractivity contribution in [1.82, 2.24) is 5.32 Å². The summed E-state index contributed by atoms with van der Waals surface area (Å²) in [6.45, 7) is 3.82. The number of methoxy groups -OCH3 is 1. The van der Waals surface area contributed by atoms with Gasteiger partial charge in [0.2, 0.25) is 0 Å². The molecule has 3 nitrogen and oxygen atoms in total. The second-order valence-electron chi connectivity index (χ2n) is 4.73. The molecule has 100 valence electrons. The number of rotatable bonds is 7. The maximum atomic E-state index is 5.72. The molecule has 2 rings (SSSR count). The summed E-state index contributed by atoms with van der Waals surface area (Å²) in [5.41, 5.74) is 0. The Morgan fingerprint density at radius 3 is 2.83 bits per heavy atom. The van der Waals surface area contributed by atoms with Crippen LogP contribution in [0, 0.1) is 5.92 Å². The van der Waals surface area contributed by atoms with Crippen molar-refractivity contribution in [3.8, 4) is 11.5 Å². The second-order valence-corrected chi connectivity index (χ2v) is 5.58. The van der Waals surface area contributed by atoms with Gasteiger partial charge in [0.15, 0.2) is 0 Å². The fourth-order valence-electron chi connectivity index (χ4n) is 1.94. The molecule has 0 saturated heterocycles. The monoisotopic (exact) mass is 313 g/mol. The van der Waals surface area contributed by atoms with Gasteiger partial charge in [-0.05, 0) is 59.8 Å². The highest BCUT2D eigenvalue weighted by Crippen LogP contribution is 2.32. The highest BCUT2D eigenvalue weighted by molar-refractivity contribution is 9.10. The van der Waals surface area contributed by atoms with Crippen LogP contribution >= 0.6 is 15.9 Å². The predicted octanol–water partition coefficient (Wildman–Crippen LogP) is 3.22. The van der Waals surface area contributed by atoms with Crippen LogP contribution in [0.5, 0.6) is 11.5 Å². The molecule has 1 aliphatic carbocycles. The first kappa shape index (κ1) is 13.7. The molecule has 1 aliphatic rings. The molecule has 0 aromatic heterocycles. The van der Waals surface area contributed by atoms with Crippen LogP contribution in [-0.2, 0) is 0 Å². The zero-order valence-electron chi connectivity index (χ0n) is 10.9. The van der Waals surface area contributed by atoms with E-state index in [-0.39, 0.29) is 0 Å². The zero-order valence-corrected chi connectivity index (χ0v) is 12.5. The van der Waals surface area contributed by atoms with Gasteiger partial charge in [-0.2, -0.15) is 0 Å². The van der Waals surface area contributed by atoms with Crippen LogP contribution < -0.4 is 14.8 Å². The fourth-order valence-corrected chi connectivity index (χ4v) is 2.41. The molecule has 1 fully saturated rings. The molecule has 0 amide bonds. The van der Waals surface area contributed by atoms with Gasteiger partial charge in [-0.25, -0.2) is 0 Å². The highest BCUT2D eigenvalue weighted by Gasteiger charge is 2.27. The van der Waals surface area contributed by atoms with Crippen LogP contribution in [0.2, 0.25) is 0 Å². The average Bonchev–Trinajstić information content (AvgIpc) is 3.20. The Labute approximate surface area is 117 Å². The van der Waals surface area contributed by atoms with Crippen LogP contribution in [0.15, 0.2) is 22.7 Å². The lowest BCUT2D eigenvalue weighted by atomic mass is 10.2. The topological polar surface area (TPSA) is 30.5 Å². The lowest BCUT2D eigenvalue weighted by molar-refractivity contribution is 0.301. The minimum absolute atomic E-state index is 0.618. The number of hydrogen-bond donors (Lipinski definition) is 1.